The average Bonchev–Trinajstić information content (AvgIpc) is 2.68. The number of rotatable bonds is 0. The molecule has 82 valence electrons. The van der Waals surface area contributed by atoms with E-state index in [1.54, 1.807) is 0 Å². The van der Waals surface area contributed by atoms with Crippen LogP contribution in [-0.4, -0.2) is 28.1 Å². The molecule has 0 aromatic carbocycles. The van der Waals surface area contributed by atoms with Crippen LogP contribution in [0.25, 0.3) is 0 Å². The Balaban J connectivity index is 2.01. The lowest BCUT2D eigenvalue weighted by Gasteiger charge is -2.43. The second kappa shape index (κ2) is 3.08. The number of hydrogen-bond acceptors (Lipinski definition) is 2. The van der Waals surface area contributed by atoms with Crippen LogP contribution in [-0.2, 0) is 4.79 Å². The zero-order valence-corrected chi connectivity index (χ0v) is 8.91. The van der Waals surface area contributed by atoms with Gasteiger partial charge in [0.2, 0.25) is 0 Å². The van der Waals surface area contributed by atoms with Crippen LogP contribution in [0.5, 0.6) is 0 Å². The molecule has 2 atom stereocenters. The maximum Gasteiger partial charge on any atom is 0.259 e. The molecule has 1 N–H and O–H groups in total. The van der Waals surface area contributed by atoms with Gasteiger partial charge in [0, 0.05) is 18.2 Å². The van der Waals surface area contributed by atoms with Crippen LogP contribution in [0.3, 0.4) is 0 Å². The van der Waals surface area contributed by atoms with E-state index in [0.717, 1.165) is 44.3 Å². The molecular formula is C12H17NO2. The Morgan fingerprint density at radius 2 is 2.27 bits per heavy atom. The summed E-state index contributed by atoms with van der Waals surface area (Å²) in [4.78, 5) is 14.0. The topological polar surface area (TPSA) is 40.5 Å². The summed E-state index contributed by atoms with van der Waals surface area (Å²) in [5, 5.41) is 10.5. The summed E-state index contributed by atoms with van der Waals surface area (Å²) in [6, 6.07) is 0. The number of carbonyl (C=O) groups excluding carboxylic acids is 1. The first-order valence-electron chi connectivity index (χ1n) is 5.97. The molecule has 2 heterocycles. The van der Waals surface area contributed by atoms with Gasteiger partial charge in [0.15, 0.2) is 0 Å². The van der Waals surface area contributed by atoms with Crippen molar-refractivity contribution in [3.63, 3.8) is 0 Å². The van der Waals surface area contributed by atoms with Crippen molar-refractivity contribution in [2.75, 3.05) is 6.54 Å². The van der Waals surface area contributed by atoms with E-state index in [0.29, 0.717) is 6.42 Å². The molecule has 1 saturated carbocycles. The smallest absolute Gasteiger partial charge is 0.259 e. The molecule has 1 aliphatic carbocycles. The van der Waals surface area contributed by atoms with Gasteiger partial charge in [-0.3, -0.25) is 4.79 Å². The zero-order valence-electron chi connectivity index (χ0n) is 8.91. The van der Waals surface area contributed by atoms with Crippen LogP contribution in [0.1, 0.15) is 38.5 Å². The van der Waals surface area contributed by atoms with Crippen molar-refractivity contribution in [1.29, 1.82) is 0 Å². The monoisotopic (exact) mass is 207 g/mol. The van der Waals surface area contributed by atoms with Crippen molar-refractivity contribution in [3.05, 3.63) is 11.8 Å². The third-order valence-corrected chi connectivity index (χ3v) is 4.11. The number of aliphatic hydroxyl groups is 1. The highest BCUT2D eigenvalue weighted by Gasteiger charge is 2.50. The van der Waals surface area contributed by atoms with E-state index in [1.807, 2.05) is 4.90 Å². The van der Waals surface area contributed by atoms with E-state index in [2.05, 4.69) is 6.08 Å². The van der Waals surface area contributed by atoms with Gasteiger partial charge in [-0.15, -0.1) is 0 Å². The van der Waals surface area contributed by atoms with Crippen LogP contribution in [0.15, 0.2) is 11.8 Å². The van der Waals surface area contributed by atoms with Crippen LogP contribution < -0.4 is 0 Å². The molecule has 1 amide bonds. The van der Waals surface area contributed by atoms with Gasteiger partial charge < -0.3 is 10.0 Å². The Kier molecular flexibility index (Phi) is 1.93. The number of allylic oxidation sites excluding steroid dienone is 1. The molecule has 1 saturated heterocycles. The van der Waals surface area contributed by atoms with Gasteiger partial charge in [-0.1, -0.05) is 12.5 Å². The minimum Gasteiger partial charge on any atom is -0.379 e. The molecule has 3 aliphatic rings. The summed E-state index contributed by atoms with van der Waals surface area (Å²) >= 11 is 0. The summed E-state index contributed by atoms with van der Waals surface area (Å²) in [6.07, 6.45) is 7.97. The van der Waals surface area contributed by atoms with Gasteiger partial charge in [-0.2, -0.15) is 0 Å². The van der Waals surface area contributed by atoms with Gasteiger partial charge in [-0.25, -0.2) is 0 Å². The standard InChI is InChI=1S/C12H17NO2/c14-11-12(15)6-2-1-4-9(12)8-10-5-3-7-13(10)11/h8-9,15H,1-7H2/t9-,12+/m0/s1. The Bertz CT molecular complexity index is 337. The summed E-state index contributed by atoms with van der Waals surface area (Å²) in [5.41, 5.74) is 0.100. The minimum atomic E-state index is -1.06. The van der Waals surface area contributed by atoms with Crippen molar-refractivity contribution in [1.82, 2.24) is 4.90 Å². The highest BCUT2D eigenvalue weighted by Crippen LogP contribution is 2.43. The molecule has 3 rings (SSSR count). The second-order valence-electron chi connectivity index (χ2n) is 4.99. The molecule has 3 nitrogen and oxygen atoms in total. The predicted molar refractivity (Wildman–Crippen MR) is 55.9 cm³/mol. The van der Waals surface area contributed by atoms with E-state index >= 15 is 0 Å². The highest BCUT2D eigenvalue weighted by molar-refractivity contribution is 5.89. The maximum absolute atomic E-state index is 12.2. The first kappa shape index (κ1) is 9.40. The molecule has 0 aromatic rings. The molecule has 0 bridgehead atoms. The third kappa shape index (κ3) is 1.19. The fourth-order valence-corrected chi connectivity index (χ4v) is 3.24. The summed E-state index contributed by atoms with van der Waals surface area (Å²) in [6.45, 7) is 0.805. The van der Waals surface area contributed by atoms with E-state index in [-0.39, 0.29) is 11.8 Å². The van der Waals surface area contributed by atoms with Gasteiger partial charge in [0.05, 0.1) is 0 Å². The highest BCUT2D eigenvalue weighted by atomic mass is 16.3. The van der Waals surface area contributed by atoms with Crippen LogP contribution in [0, 0.1) is 5.92 Å². The van der Waals surface area contributed by atoms with E-state index < -0.39 is 5.60 Å². The molecule has 0 radical (unpaired) electrons. The molecule has 3 heteroatoms. The van der Waals surface area contributed by atoms with Crippen LogP contribution in [0.4, 0.5) is 0 Å². The van der Waals surface area contributed by atoms with Gasteiger partial charge in [-0.05, 0) is 32.1 Å². The molecule has 2 aliphatic heterocycles. The first-order chi connectivity index (χ1) is 7.22. The number of amides is 1. The number of carbonyl (C=O) groups is 1. The Morgan fingerprint density at radius 1 is 1.40 bits per heavy atom. The van der Waals surface area contributed by atoms with Crippen molar-refractivity contribution < 1.29 is 9.90 Å². The number of nitrogens with zero attached hydrogens (tertiary/aromatic N) is 1. The lowest BCUT2D eigenvalue weighted by molar-refractivity contribution is -0.158. The Morgan fingerprint density at radius 3 is 3.13 bits per heavy atom. The van der Waals surface area contributed by atoms with Gasteiger partial charge in [0.1, 0.15) is 5.60 Å². The quantitative estimate of drug-likeness (QED) is 0.652. The van der Waals surface area contributed by atoms with Crippen molar-refractivity contribution in [2.45, 2.75) is 44.1 Å². The van der Waals surface area contributed by atoms with Gasteiger partial charge in [0.25, 0.3) is 5.91 Å². The van der Waals surface area contributed by atoms with Crippen molar-refractivity contribution >= 4 is 5.91 Å². The summed E-state index contributed by atoms with van der Waals surface area (Å²) < 4.78 is 0. The van der Waals surface area contributed by atoms with Crippen LogP contribution >= 0.6 is 0 Å². The zero-order chi connectivity index (χ0) is 10.5. The molecule has 15 heavy (non-hydrogen) atoms. The van der Waals surface area contributed by atoms with Crippen molar-refractivity contribution in [3.8, 4) is 0 Å². The first-order valence-corrected chi connectivity index (χ1v) is 5.97. The molecule has 0 spiro atoms. The Labute approximate surface area is 89.8 Å². The van der Waals surface area contributed by atoms with Crippen molar-refractivity contribution in [2.24, 2.45) is 5.92 Å². The average molecular weight is 207 g/mol. The maximum atomic E-state index is 12.2. The molecule has 0 aromatic heterocycles. The number of hydrogen-bond donors (Lipinski definition) is 1. The van der Waals surface area contributed by atoms with Gasteiger partial charge >= 0.3 is 0 Å². The lowest BCUT2D eigenvalue weighted by atomic mass is 9.72. The summed E-state index contributed by atoms with van der Waals surface area (Å²) in [7, 11) is 0. The summed E-state index contributed by atoms with van der Waals surface area (Å²) in [5.74, 6) is 0.0605. The van der Waals surface area contributed by atoms with E-state index in [1.165, 1.54) is 0 Å². The van der Waals surface area contributed by atoms with E-state index in [9.17, 15) is 9.90 Å². The molecule has 2 fully saturated rings. The minimum absolute atomic E-state index is 0.0257. The third-order valence-electron chi connectivity index (χ3n) is 4.11. The lowest BCUT2D eigenvalue weighted by Crippen LogP contribution is -2.56. The molecule has 0 unspecified atom stereocenters. The predicted octanol–water partition coefficient (Wildman–Crippen LogP) is 1.43. The number of fused-ring (bicyclic) bond motifs is 2. The van der Waals surface area contributed by atoms with Crippen LogP contribution in [0.2, 0.25) is 0 Å². The van der Waals surface area contributed by atoms with E-state index in [4.69, 9.17) is 0 Å². The molecular weight excluding hydrogens is 190 g/mol. The normalized spacial score (nSPS) is 39.8. The fraction of sp³-hybridized carbons (Fsp3) is 0.750. The SMILES string of the molecule is O=C1N2CCCC2=C[C@@H]2CCCC[C@]12O. The fourth-order valence-electron chi connectivity index (χ4n) is 3.24. The second-order valence-corrected chi connectivity index (χ2v) is 4.99. The Hall–Kier alpha value is -0.830. The largest absolute Gasteiger partial charge is 0.379 e.